The Bertz CT molecular complexity index is 1030. The minimum absolute atomic E-state index is 0.0243. The van der Waals surface area contributed by atoms with Crippen LogP contribution in [0.1, 0.15) is 23.2 Å². The lowest BCUT2D eigenvalue weighted by Gasteiger charge is -2.32. The summed E-state index contributed by atoms with van der Waals surface area (Å²) in [5, 5.41) is 6.29. The van der Waals surface area contributed by atoms with Crippen molar-refractivity contribution in [3.8, 4) is 5.75 Å². The van der Waals surface area contributed by atoms with E-state index in [1.54, 1.807) is 41.3 Å². The number of carbonyl (C=O) groups excluding carboxylic acids is 3. The third kappa shape index (κ3) is 4.37. The van der Waals surface area contributed by atoms with Gasteiger partial charge in [-0.05, 0) is 49.2 Å². The molecule has 7 nitrogen and oxygen atoms in total. The summed E-state index contributed by atoms with van der Waals surface area (Å²) in [7, 11) is 0. The fourth-order valence-corrected chi connectivity index (χ4v) is 3.89. The first-order valence-corrected chi connectivity index (χ1v) is 10.3. The molecule has 0 spiro atoms. The van der Waals surface area contributed by atoms with Crippen molar-refractivity contribution in [1.29, 1.82) is 0 Å². The van der Waals surface area contributed by atoms with Crippen molar-refractivity contribution in [3.05, 3.63) is 52.0 Å². The standard InChI is InChI=1S/C21H19Cl2N3O4/c22-15-5-3-12(8-16(15)23)21(29)26-7-1-2-13(10-26)20(28)24-14-4-6-18-17(9-14)25-19(27)11-30-18/h3-6,8-9,13H,1-2,7,10-11H2,(H,24,28)(H,25,27)/t13-/m0/s1. The minimum Gasteiger partial charge on any atom is -0.482 e. The second-order valence-corrected chi connectivity index (χ2v) is 8.07. The summed E-state index contributed by atoms with van der Waals surface area (Å²) < 4.78 is 5.32. The maximum absolute atomic E-state index is 12.8. The van der Waals surface area contributed by atoms with Gasteiger partial charge in [0.25, 0.3) is 11.8 Å². The molecular formula is C21H19Cl2N3O4. The van der Waals surface area contributed by atoms with Gasteiger partial charge in [0.2, 0.25) is 5.91 Å². The van der Waals surface area contributed by atoms with E-state index in [0.29, 0.717) is 52.2 Å². The first kappa shape index (κ1) is 20.5. The molecule has 156 valence electrons. The Morgan fingerprint density at radius 3 is 2.77 bits per heavy atom. The highest BCUT2D eigenvalue weighted by atomic mass is 35.5. The maximum Gasteiger partial charge on any atom is 0.262 e. The lowest BCUT2D eigenvalue weighted by Crippen LogP contribution is -2.43. The van der Waals surface area contributed by atoms with Crippen molar-refractivity contribution in [2.24, 2.45) is 5.92 Å². The highest BCUT2D eigenvalue weighted by Crippen LogP contribution is 2.31. The molecule has 3 amide bonds. The molecule has 0 bridgehead atoms. The van der Waals surface area contributed by atoms with Crippen LogP contribution in [0.15, 0.2) is 36.4 Å². The van der Waals surface area contributed by atoms with E-state index in [0.717, 1.165) is 6.42 Å². The minimum atomic E-state index is -0.340. The van der Waals surface area contributed by atoms with E-state index >= 15 is 0 Å². The van der Waals surface area contributed by atoms with Gasteiger partial charge in [-0.15, -0.1) is 0 Å². The first-order valence-electron chi connectivity index (χ1n) is 9.52. The number of piperidine rings is 1. The molecule has 2 heterocycles. The van der Waals surface area contributed by atoms with Gasteiger partial charge in [-0.25, -0.2) is 0 Å². The summed E-state index contributed by atoms with van der Waals surface area (Å²) in [4.78, 5) is 38.8. The highest BCUT2D eigenvalue weighted by molar-refractivity contribution is 6.42. The molecule has 0 aromatic heterocycles. The van der Waals surface area contributed by atoms with Crippen molar-refractivity contribution in [3.63, 3.8) is 0 Å². The Morgan fingerprint density at radius 1 is 1.13 bits per heavy atom. The lowest BCUT2D eigenvalue weighted by atomic mass is 9.96. The smallest absolute Gasteiger partial charge is 0.262 e. The Hall–Kier alpha value is -2.77. The third-order valence-electron chi connectivity index (χ3n) is 5.13. The normalized spacial score (nSPS) is 18.1. The SMILES string of the molecule is O=C1COc2ccc(NC(=O)[C@H]3CCCN(C(=O)c4ccc(Cl)c(Cl)c4)C3)cc2N1. The molecule has 9 heteroatoms. The largest absolute Gasteiger partial charge is 0.482 e. The van der Waals surface area contributed by atoms with Crippen molar-refractivity contribution in [2.45, 2.75) is 12.8 Å². The fourth-order valence-electron chi connectivity index (χ4n) is 3.59. The third-order valence-corrected chi connectivity index (χ3v) is 5.86. The number of halogens is 2. The molecule has 2 aliphatic rings. The van der Waals surface area contributed by atoms with E-state index in [1.807, 2.05) is 0 Å². The van der Waals surface area contributed by atoms with Crippen LogP contribution in [-0.4, -0.2) is 42.3 Å². The monoisotopic (exact) mass is 447 g/mol. The Balaban J connectivity index is 1.42. The van der Waals surface area contributed by atoms with Gasteiger partial charge >= 0.3 is 0 Å². The molecule has 2 aromatic carbocycles. The summed E-state index contributed by atoms with van der Waals surface area (Å²) in [6, 6.07) is 9.83. The molecule has 1 fully saturated rings. The lowest BCUT2D eigenvalue weighted by molar-refractivity contribution is -0.121. The van der Waals surface area contributed by atoms with Crippen LogP contribution in [0.25, 0.3) is 0 Å². The number of nitrogens with zero attached hydrogens (tertiary/aromatic N) is 1. The van der Waals surface area contributed by atoms with Gasteiger partial charge < -0.3 is 20.3 Å². The van der Waals surface area contributed by atoms with Crippen LogP contribution >= 0.6 is 23.2 Å². The zero-order valence-electron chi connectivity index (χ0n) is 15.9. The molecule has 4 rings (SSSR count). The number of hydrogen-bond acceptors (Lipinski definition) is 4. The Morgan fingerprint density at radius 2 is 1.97 bits per heavy atom. The van der Waals surface area contributed by atoms with Crippen LogP contribution in [-0.2, 0) is 9.59 Å². The average Bonchev–Trinajstić information content (AvgIpc) is 2.75. The van der Waals surface area contributed by atoms with Gasteiger partial charge in [-0.3, -0.25) is 14.4 Å². The van der Waals surface area contributed by atoms with Crippen LogP contribution in [0.3, 0.4) is 0 Å². The number of carbonyl (C=O) groups is 3. The molecule has 0 radical (unpaired) electrons. The Kier molecular flexibility index (Phi) is 5.83. The molecule has 2 aliphatic heterocycles. The van der Waals surface area contributed by atoms with E-state index in [2.05, 4.69) is 10.6 Å². The molecular weight excluding hydrogens is 429 g/mol. The number of benzene rings is 2. The van der Waals surface area contributed by atoms with E-state index in [1.165, 1.54) is 0 Å². The van der Waals surface area contributed by atoms with Gasteiger partial charge in [-0.2, -0.15) is 0 Å². The second-order valence-electron chi connectivity index (χ2n) is 7.26. The first-order chi connectivity index (χ1) is 14.4. The summed E-state index contributed by atoms with van der Waals surface area (Å²) in [6.07, 6.45) is 1.40. The summed E-state index contributed by atoms with van der Waals surface area (Å²) >= 11 is 11.9. The number of amides is 3. The fraction of sp³-hybridized carbons (Fsp3) is 0.286. The topological polar surface area (TPSA) is 87.7 Å². The molecule has 30 heavy (non-hydrogen) atoms. The van der Waals surface area contributed by atoms with Crippen LogP contribution in [0.2, 0.25) is 10.0 Å². The number of rotatable bonds is 3. The van der Waals surface area contributed by atoms with E-state index in [4.69, 9.17) is 27.9 Å². The average molecular weight is 448 g/mol. The molecule has 1 saturated heterocycles. The number of likely N-dealkylation sites (tertiary alicyclic amines) is 1. The summed E-state index contributed by atoms with van der Waals surface area (Å²) in [6.45, 7) is 0.865. The van der Waals surface area contributed by atoms with E-state index in [-0.39, 0.29) is 30.2 Å². The van der Waals surface area contributed by atoms with Gasteiger partial charge in [0.1, 0.15) is 5.75 Å². The predicted molar refractivity (Wildman–Crippen MR) is 114 cm³/mol. The zero-order chi connectivity index (χ0) is 21.3. The zero-order valence-corrected chi connectivity index (χ0v) is 17.4. The van der Waals surface area contributed by atoms with Crippen molar-refractivity contribution in [2.75, 3.05) is 30.3 Å². The molecule has 2 N–H and O–H groups in total. The van der Waals surface area contributed by atoms with Gasteiger partial charge in [0.05, 0.1) is 21.7 Å². The number of nitrogens with one attached hydrogen (secondary N) is 2. The Labute approximate surface area is 183 Å². The van der Waals surface area contributed by atoms with Gasteiger partial charge in [0.15, 0.2) is 6.61 Å². The molecule has 1 atom stereocenters. The molecule has 0 unspecified atom stereocenters. The molecule has 0 aliphatic carbocycles. The second kappa shape index (κ2) is 8.53. The predicted octanol–water partition coefficient (Wildman–Crippen LogP) is 3.82. The van der Waals surface area contributed by atoms with Crippen LogP contribution < -0.4 is 15.4 Å². The van der Waals surface area contributed by atoms with Gasteiger partial charge in [0, 0.05) is 24.3 Å². The number of fused-ring (bicyclic) bond motifs is 1. The van der Waals surface area contributed by atoms with E-state index < -0.39 is 0 Å². The van der Waals surface area contributed by atoms with Crippen LogP contribution in [0, 0.1) is 5.92 Å². The number of hydrogen-bond donors (Lipinski definition) is 2. The highest BCUT2D eigenvalue weighted by Gasteiger charge is 2.29. The van der Waals surface area contributed by atoms with Crippen molar-refractivity contribution < 1.29 is 19.1 Å². The number of ether oxygens (including phenoxy) is 1. The van der Waals surface area contributed by atoms with Crippen LogP contribution in [0.5, 0.6) is 5.75 Å². The summed E-state index contributed by atoms with van der Waals surface area (Å²) in [5.41, 5.74) is 1.51. The van der Waals surface area contributed by atoms with Crippen molar-refractivity contribution in [1.82, 2.24) is 4.90 Å². The molecule has 0 saturated carbocycles. The number of anilines is 2. The summed E-state index contributed by atoms with van der Waals surface area (Å²) in [5.74, 6) is -0.380. The van der Waals surface area contributed by atoms with E-state index in [9.17, 15) is 14.4 Å². The maximum atomic E-state index is 12.8. The van der Waals surface area contributed by atoms with Crippen molar-refractivity contribution >= 4 is 52.3 Å². The quantitative estimate of drug-likeness (QED) is 0.748. The van der Waals surface area contributed by atoms with Crippen LogP contribution in [0.4, 0.5) is 11.4 Å². The molecule has 2 aromatic rings. The van der Waals surface area contributed by atoms with Gasteiger partial charge in [-0.1, -0.05) is 23.2 Å².